The van der Waals surface area contributed by atoms with E-state index in [1.807, 2.05) is 31.2 Å². The minimum atomic E-state index is -0.306. The summed E-state index contributed by atoms with van der Waals surface area (Å²) in [7, 11) is 0. The maximum Gasteiger partial charge on any atom is 0.251 e. The van der Waals surface area contributed by atoms with Gasteiger partial charge in [0.15, 0.2) is 0 Å². The van der Waals surface area contributed by atoms with E-state index < -0.39 is 0 Å². The van der Waals surface area contributed by atoms with Gasteiger partial charge in [0, 0.05) is 25.3 Å². The quantitative estimate of drug-likeness (QED) is 0.845. The van der Waals surface area contributed by atoms with Gasteiger partial charge in [0.2, 0.25) is 0 Å². The van der Waals surface area contributed by atoms with Gasteiger partial charge in [-0.05, 0) is 31.9 Å². The molecule has 4 heteroatoms. The number of rotatable bonds is 3. The first kappa shape index (κ1) is 13.1. The third-order valence-corrected chi connectivity index (χ3v) is 3.50. The molecule has 0 spiro atoms. The molecule has 1 aromatic carbocycles. The first-order chi connectivity index (χ1) is 8.65. The lowest BCUT2D eigenvalue weighted by Crippen LogP contribution is -2.56. The van der Waals surface area contributed by atoms with Crippen molar-refractivity contribution in [1.82, 2.24) is 5.32 Å². The van der Waals surface area contributed by atoms with Crippen LogP contribution in [0.2, 0.25) is 0 Å². The maximum absolute atomic E-state index is 12.2. The molecule has 0 saturated carbocycles. The normalized spacial score (nSPS) is 18.3. The van der Waals surface area contributed by atoms with Gasteiger partial charge in [-0.1, -0.05) is 17.7 Å². The van der Waals surface area contributed by atoms with Crippen LogP contribution in [-0.4, -0.2) is 31.2 Å². The topological polar surface area (TPSA) is 64.4 Å². The summed E-state index contributed by atoms with van der Waals surface area (Å²) >= 11 is 0. The van der Waals surface area contributed by atoms with Crippen LogP contribution in [0.4, 0.5) is 0 Å². The van der Waals surface area contributed by atoms with Gasteiger partial charge >= 0.3 is 0 Å². The Kier molecular flexibility index (Phi) is 3.99. The first-order valence-corrected chi connectivity index (χ1v) is 6.32. The molecule has 1 aliphatic rings. The third-order valence-electron chi connectivity index (χ3n) is 3.50. The molecule has 98 valence electrons. The number of carbonyl (C=O) groups excluding carboxylic acids is 1. The summed E-state index contributed by atoms with van der Waals surface area (Å²) in [4.78, 5) is 12.2. The minimum absolute atomic E-state index is 0.0500. The van der Waals surface area contributed by atoms with Crippen molar-refractivity contribution in [2.24, 2.45) is 5.73 Å². The smallest absolute Gasteiger partial charge is 0.251 e. The summed E-state index contributed by atoms with van der Waals surface area (Å²) in [5, 5.41) is 3.08. The molecule has 3 N–H and O–H groups in total. The van der Waals surface area contributed by atoms with Crippen molar-refractivity contribution in [3.8, 4) is 0 Å². The Morgan fingerprint density at radius 2 is 2.17 bits per heavy atom. The molecule has 4 nitrogen and oxygen atoms in total. The van der Waals surface area contributed by atoms with Crippen molar-refractivity contribution < 1.29 is 9.53 Å². The lowest BCUT2D eigenvalue weighted by atomic mass is 9.89. The zero-order valence-corrected chi connectivity index (χ0v) is 10.7. The van der Waals surface area contributed by atoms with E-state index in [-0.39, 0.29) is 11.4 Å². The zero-order valence-electron chi connectivity index (χ0n) is 10.7. The largest absolute Gasteiger partial charge is 0.381 e. The van der Waals surface area contributed by atoms with E-state index in [9.17, 15) is 4.79 Å². The van der Waals surface area contributed by atoms with Crippen LogP contribution in [0.1, 0.15) is 28.8 Å². The molecule has 0 radical (unpaired) electrons. The molecular formula is C14H20N2O2. The molecule has 1 amide bonds. The number of ether oxygens (including phenoxy) is 1. The molecule has 2 rings (SSSR count). The van der Waals surface area contributed by atoms with Crippen molar-refractivity contribution in [1.29, 1.82) is 0 Å². The van der Waals surface area contributed by atoms with Gasteiger partial charge in [-0.15, -0.1) is 0 Å². The van der Waals surface area contributed by atoms with E-state index in [0.29, 0.717) is 25.3 Å². The fraction of sp³-hybridized carbons (Fsp3) is 0.500. The highest BCUT2D eigenvalue weighted by atomic mass is 16.5. The molecule has 0 aromatic heterocycles. The second kappa shape index (κ2) is 5.50. The standard InChI is InChI=1S/C14H20N2O2/c1-11-3-2-4-12(9-11)13(17)16-14(10-15)5-7-18-8-6-14/h2-4,9H,5-8,10,15H2,1H3,(H,16,17). The lowest BCUT2D eigenvalue weighted by molar-refractivity contribution is 0.0388. The molecule has 0 unspecified atom stereocenters. The van der Waals surface area contributed by atoms with Gasteiger partial charge in [-0.3, -0.25) is 4.79 Å². The van der Waals surface area contributed by atoms with Gasteiger partial charge in [0.05, 0.1) is 5.54 Å². The van der Waals surface area contributed by atoms with Crippen molar-refractivity contribution >= 4 is 5.91 Å². The van der Waals surface area contributed by atoms with Gasteiger partial charge in [0.25, 0.3) is 5.91 Å². The zero-order chi connectivity index (χ0) is 13.0. The van der Waals surface area contributed by atoms with Gasteiger partial charge < -0.3 is 15.8 Å². The number of carbonyl (C=O) groups is 1. The van der Waals surface area contributed by atoms with E-state index >= 15 is 0 Å². The Morgan fingerprint density at radius 3 is 2.78 bits per heavy atom. The second-order valence-corrected chi connectivity index (χ2v) is 4.92. The van der Waals surface area contributed by atoms with E-state index in [2.05, 4.69) is 5.32 Å². The monoisotopic (exact) mass is 248 g/mol. The number of hydrogen-bond acceptors (Lipinski definition) is 3. The lowest BCUT2D eigenvalue weighted by Gasteiger charge is -2.37. The number of nitrogens with two attached hydrogens (primary N) is 1. The van der Waals surface area contributed by atoms with Gasteiger partial charge in [-0.2, -0.15) is 0 Å². The van der Waals surface area contributed by atoms with Crippen LogP contribution in [0.25, 0.3) is 0 Å². The maximum atomic E-state index is 12.2. The number of hydrogen-bond donors (Lipinski definition) is 2. The molecule has 18 heavy (non-hydrogen) atoms. The number of benzene rings is 1. The van der Waals surface area contributed by atoms with Crippen LogP contribution in [0.5, 0.6) is 0 Å². The summed E-state index contributed by atoms with van der Waals surface area (Å²) in [5.74, 6) is -0.0500. The van der Waals surface area contributed by atoms with E-state index in [4.69, 9.17) is 10.5 Å². The molecule has 0 bridgehead atoms. The Hall–Kier alpha value is -1.39. The summed E-state index contributed by atoms with van der Waals surface area (Å²) in [6.07, 6.45) is 1.56. The van der Waals surface area contributed by atoms with Gasteiger partial charge in [-0.25, -0.2) is 0 Å². The molecule has 1 fully saturated rings. The van der Waals surface area contributed by atoms with Crippen molar-refractivity contribution in [3.63, 3.8) is 0 Å². The Morgan fingerprint density at radius 1 is 1.44 bits per heavy atom. The van der Waals surface area contributed by atoms with Crippen LogP contribution in [0.15, 0.2) is 24.3 Å². The summed E-state index contributed by atoms with van der Waals surface area (Å²) in [6, 6.07) is 7.58. The molecule has 0 atom stereocenters. The fourth-order valence-electron chi connectivity index (χ4n) is 2.24. The van der Waals surface area contributed by atoms with E-state index in [0.717, 1.165) is 18.4 Å². The fourth-order valence-corrected chi connectivity index (χ4v) is 2.24. The molecule has 0 aliphatic carbocycles. The average molecular weight is 248 g/mol. The Labute approximate surface area is 108 Å². The Balaban J connectivity index is 2.10. The first-order valence-electron chi connectivity index (χ1n) is 6.32. The van der Waals surface area contributed by atoms with Crippen molar-refractivity contribution in [2.45, 2.75) is 25.3 Å². The van der Waals surface area contributed by atoms with Crippen LogP contribution in [0.3, 0.4) is 0 Å². The predicted molar refractivity (Wildman–Crippen MR) is 70.5 cm³/mol. The minimum Gasteiger partial charge on any atom is -0.381 e. The predicted octanol–water partition coefficient (Wildman–Crippen LogP) is 1.23. The van der Waals surface area contributed by atoms with Crippen LogP contribution >= 0.6 is 0 Å². The van der Waals surface area contributed by atoms with Crippen LogP contribution in [0, 0.1) is 6.92 Å². The third kappa shape index (κ3) is 2.89. The molecule has 1 aliphatic heterocycles. The summed E-state index contributed by atoms with van der Waals surface area (Å²) < 4.78 is 5.33. The van der Waals surface area contributed by atoms with E-state index in [1.54, 1.807) is 0 Å². The molecular weight excluding hydrogens is 228 g/mol. The highest BCUT2D eigenvalue weighted by Gasteiger charge is 2.32. The second-order valence-electron chi connectivity index (χ2n) is 4.92. The van der Waals surface area contributed by atoms with Crippen molar-refractivity contribution in [2.75, 3.05) is 19.8 Å². The number of aryl methyl sites for hydroxylation is 1. The molecule has 1 aromatic rings. The average Bonchev–Trinajstić information content (AvgIpc) is 2.40. The molecule has 1 heterocycles. The number of nitrogens with one attached hydrogen (secondary N) is 1. The summed E-state index contributed by atoms with van der Waals surface area (Å²) in [5.41, 5.74) is 7.29. The van der Waals surface area contributed by atoms with E-state index in [1.165, 1.54) is 0 Å². The Bertz CT molecular complexity index is 426. The highest BCUT2D eigenvalue weighted by molar-refractivity contribution is 5.94. The van der Waals surface area contributed by atoms with Crippen LogP contribution < -0.4 is 11.1 Å². The SMILES string of the molecule is Cc1cccc(C(=O)NC2(CN)CCOCC2)c1. The van der Waals surface area contributed by atoms with Crippen molar-refractivity contribution in [3.05, 3.63) is 35.4 Å². The number of amides is 1. The van der Waals surface area contributed by atoms with Crippen LogP contribution in [-0.2, 0) is 4.74 Å². The summed E-state index contributed by atoms with van der Waals surface area (Å²) in [6.45, 7) is 3.74. The highest BCUT2D eigenvalue weighted by Crippen LogP contribution is 2.20. The van der Waals surface area contributed by atoms with Gasteiger partial charge in [0.1, 0.15) is 0 Å². The molecule has 1 saturated heterocycles.